The van der Waals surface area contributed by atoms with Crippen LogP contribution in [0.25, 0.3) is 0 Å². The molecule has 0 spiro atoms. The van der Waals surface area contributed by atoms with Gasteiger partial charge in [-0.2, -0.15) is 0 Å². The van der Waals surface area contributed by atoms with E-state index in [1.54, 1.807) is 20.8 Å². The molecule has 5 nitrogen and oxygen atoms in total. The van der Waals surface area contributed by atoms with E-state index in [2.05, 4.69) is 5.32 Å². The second kappa shape index (κ2) is 6.07. The number of aliphatic carboxylic acids is 1. The Hall–Kier alpha value is -1.26. The lowest BCUT2D eigenvalue weighted by Crippen LogP contribution is -2.43. The number of carboxylic acids is 1. The summed E-state index contributed by atoms with van der Waals surface area (Å²) >= 11 is 0. The number of hydrogen-bond acceptors (Lipinski definition) is 3. The average molecular weight is 257 g/mol. The number of hydrogen-bond donors (Lipinski definition) is 2. The van der Waals surface area contributed by atoms with E-state index in [-0.39, 0.29) is 18.4 Å². The van der Waals surface area contributed by atoms with Gasteiger partial charge < -0.3 is 15.2 Å². The van der Waals surface area contributed by atoms with Gasteiger partial charge in [0.2, 0.25) is 0 Å². The first-order valence-corrected chi connectivity index (χ1v) is 6.49. The molecule has 5 heteroatoms. The Balaban J connectivity index is 2.54. The Labute approximate surface area is 108 Å². The third kappa shape index (κ3) is 5.38. The van der Waals surface area contributed by atoms with E-state index in [1.165, 1.54) is 0 Å². The Morgan fingerprint density at radius 3 is 2.33 bits per heavy atom. The molecule has 1 amide bonds. The molecule has 1 fully saturated rings. The van der Waals surface area contributed by atoms with Crippen LogP contribution in [0.1, 0.15) is 52.9 Å². The molecule has 1 saturated carbocycles. The van der Waals surface area contributed by atoms with Crippen LogP contribution in [0.2, 0.25) is 0 Å². The smallest absolute Gasteiger partial charge is 0.407 e. The standard InChI is InChI=1S/C13H23NO4/c1-13(2,3)18-12(17)14-10(8-11(15)16)9-6-4-5-7-9/h9-10H,4-8H2,1-3H3,(H,14,17)(H,15,16)/t10-/m0/s1. The third-order valence-electron chi connectivity index (χ3n) is 3.07. The summed E-state index contributed by atoms with van der Waals surface area (Å²) in [6, 6.07) is -0.320. The van der Waals surface area contributed by atoms with Crippen LogP contribution in [0.4, 0.5) is 4.79 Å². The SMILES string of the molecule is CC(C)(C)OC(=O)N[C@@H](CC(=O)O)C1CCCC1. The number of carbonyl (C=O) groups excluding carboxylic acids is 1. The van der Waals surface area contributed by atoms with Crippen LogP contribution in [0, 0.1) is 5.92 Å². The van der Waals surface area contributed by atoms with Crippen LogP contribution in [0.5, 0.6) is 0 Å². The molecule has 0 bridgehead atoms. The quantitative estimate of drug-likeness (QED) is 0.811. The van der Waals surface area contributed by atoms with E-state index in [0.717, 1.165) is 25.7 Å². The highest BCUT2D eigenvalue weighted by Crippen LogP contribution is 2.29. The van der Waals surface area contributed by atoms with Crippen molar-refractivity contribution in [3.8, 4) is 0 Å². The molecule has 0 aromatic rings. The van der Waals surface area contributed by atoms with Crippen LogP contribution in [0.3, 0.4) is 0 Å². The van der Waals surface area contributed by atoms with Crippen LogP contribution < -0.4 is 5.32 Å². The van der Waals surface area contributed by atoms with Crippen molar-refractivity contribution in [1.29, 1.82) is 0 Å². The highest BCUT2D eigenvalue weighted by molar-refractivity contribution is 5.71. The molecule has 0 heterocycles. The topological polar surface area (TPSA) is 75.6 Å². The molecular formula is C13H23NO4. The molecule has 1 rings (SSSR count). The fourth-order valence-electron chi connectivity index (χ4n) is 2.34. The fourth-order valence-corrected chi connectivity index (χ4v) is 2.34. The second-order valence-electron chi connectivity index (χ2n) is 5.90. The van der Waals surface area contributed by atoms with Gasteiger partial charge in [-0.05, 0) is 39.5 Å². The van der Waals surface area contributed by atoms with Gasteiger partial charge in [-0.25, -0.2) is 4.79 Å². The van der Waals surface area contributed by atoms with Gasteiger partial charge in [-0.15, -0.1) is 0 Å². The van der Waals surface area contributed by atoms with E-state index in [4.69, 9.17) is 9.84 Å². The zero-order chi connectivity index (χ0) is 13.8. The van der Waals surface area contributed by atoms with Gasteiger partial charge in [-0.3, -0.25) is 4.79 Å². The highest BCUT2D eigenvalue weighted by atomic mass is 16.6. The summed E-state index contributed by atoms with van der Waals surface area (Å²) in [6.45, 7) is 5.36. The lowest BCUT2D eigenvalue weighted by molar-refractivity contribution is -0.137. The summed E-state index contributed by atoms with van der Waals surface area (Å²) in [5, 5.41) is 11.6. The molecule has 0 aliphatic heterocycles. The summed E-state index contributed by atoms with van der Waals surface area (Å²) in [4.78, 5) is 22.5. The molecule has 0 saturated heterocycles. The second-order valence-corrected chi connectivity index (χ2v) is 5.90. The molecule has 1 atom stereocenters. The normalized spacial score (nSPS) is 18.4. The van der Waals surface area contributed by atoms with Gasteiger partial charge in [0.1, 0.15) is 5.60 Å². The Bertz CT molecular complexity index is 303. The van der Waals surface area contributed by atoms with Crippen LogP contribution in [0.15, 0.2) is 0 Å². The number of amides is 1. The molecule has 0 aromatic heterocycles. The number of alkyl carbamates (subject to hydrolysis) is 1. The van der Waals surface area contributed by atoms with Crippen molar-refractivity contribution < 1.29 is 19.4 Å². The van der Waals surface area contributed by atoms with Crippen LogP contribution >= 0.6 is 0 Å². The minimum atomic E-state index is -0.886. The van der Waals surface area contributed by atoms with Gasteiger partial charge in [-0.1, -0.05) is 12.8 Å². The predicted octanol–water partition coefficient (Wildman–Crippen LogP) is 2.54. The van der Waals surface area contributed by atoms with Gasteiger partial charge in [0.15, 0.2) is 0 Å². The largest absolute Gasteiger partial charge is 0.481 e. The maximum absolute atomic E-state index is 11.7. The van der Waals surface area contributed by atoms with Crippen LogP contribution in [-0.4, -0.2) is 28.8 Å². The summed E-state index contributed by atoms with van der Waals surface area (Å²) in [6.07, 6.45) is 3.61. The van der Waals surface area contributed by atoms with E-state index in [9.17, 15) is 9.59 Å². The molecule has 104 valence electrons. The molecule has 18 heavy (non-hydrogen) atoms. The number of nitrogens with one attached hydrogen (secondary N) is 1. The first kappa shape index (κ1) is 14.8. The molecule has 0 aromatic carbocycles. The van der Waals surface area contributed by atoms with Crippen molar-refractivity contribution in [1.82, 2.24) is 5.32 Å². The monoisotopic (exact) mass is 257 g/mol. The number of carbonyl (C=O) groups is 2. The Kier molecular flexibility index (Phi) is 4.99. The van der Waals surface area contributed by atoms with Crippen molar-refractivity contribution in [2.75, 3.05) is 0 Å². The summed E-state index contributed by atoms with van der Waals surface area (Å²) in [5.74, 6) is -0.628. The van der Waals surface area contributed by atoms with Gasteiger partial charge in [0, 0.05) is 6.04 Å². The van der Waals surface area contributed by atoms with Gasteiger partial charge >= 0.3 is 12.1 Å². The van der Waals surface area contributed by atoms with E-state index >= 15 is 0 Å². The maximum Gasteiger partial charge on any atom is 0.407 e. The van der Waals surface area contributed by atoms with Crippen molar-refractivity contribution in [2.45, 2.75) is 64.5 Å². The molecule has 2 N–H and O–H groups in total. The minimum Gasteiger partial charge on any atom is -0.481 e. The molecule has 0 radical (unpaired) electrons. The molecular weight excluding hydrogens is 234 g/mol. The van der Waals surface area contributed by atoms with E-state index in [1.807, 2.05) is 0 Å². The number of ether oxygens (including phenoxy) is 1. The minimum absolute atomic E-state index is 0.0378. The highest BCUT2D eigenvalue weighted by Gasteiger charge is 2.29. The van der Waals surface area contributed by atoms with Crippen LogP contribution in [-0.2, 0) is 9.53 Å². The number of carboxylic acid groups (broad SMARTS) is 1. The summed E-state index contributed by atoms with van der Waals surface area (Å²) in [5.41, 5.74) is -0.562. The number of rotatable bonds is 4. The lowest BCUT2D eigenvalue weighted by atomic mass is 9.95. The van der Waals surface area contributed by atoms with Gasteiger partial charge in [0.25, 0.3) is 0 Å². The lowest BCUT2D eigenvalue weighted by Gasteiger charge is -2.26. The first-order valence-electron chi connectivity index (χ1n) is 6.49. The maximum atomic E-state index is 11.7. The fraction of sp³-hybridized carbons (Fsp3) is 0.846. The summed E-state index contributed by atoms with van der Waals surface area (Å²) < 4.78 is 5.17. The van der Waals surface area contributed by atoms with E-state index < -0.39 is 17.7 Å². The average Bonchev–Trinajstić information content (AvgIpc) is 2.64. The first-order chi connectivity index (χ1) is 8.28. The third-order valence-corrected chi connectivity index (χ3v) is 3.07. The van der Waals surface area contributed by atoms with Crippen molar-refractivity contribution in [2.24, 2.45) is 5.92 Å². The molecule has 1 aliphatic carbocycles. The molecule has 1 aliphatic rings. The predicted molar refractivity (Wildman–Crippen MR) is 67.4 cm³/mol. The van der Waals surface area contributed by atoms with Crippen molar-refractivity contribution in [3.63, 3.8) is 0 Å². The summed E-state index contributed by atoms with van der Waals surface area (Å²) in [7, 11) is 0. The Morgan fingerprint density at radius 1 is 1.33 bits per heavy atom. The van der Waals surface area contributed by atoms with Crippen molar-refractivity contribution in [3.05, 3.63) is 0 Å². The van der Waals surface area contributed by atoms with E-state index in [0.29, 0.717) is 0 Å². The van der Waals surface area contributed by atoms with Crippen molar-refractivity contribution >= 4 is 12.1 Å². The van der Waals surface area contributed by atoms with Gasteiger partial charge in [0.05, 0.1) is 6.42 Å². The zero-order valence-corrected chi connectivity index (χ0v) is 11.4. The zero-order valence-electron chi connectivity index (χ0n) is 11.4. The molecule has 0 unspecified atom stereocenters. The Morgan fingerprint density at radius 2 is 1.89 bits per heavy atom.